The summed E-state index contributed by atoms with van der Waals surface area (Å²) in [6.45, 7) is 10.1. The summed E-state index contributed by atoms with van der Waals surface area (Å²) in [5.74, 6) is -0.0640. The number of carbonyl (C=O) groups excluding carboxylic acids is 1. The van der Waals surface area contributed by atoms with Crippen molar-refractivity contribution in [3.05, 3.63) is 10.9 Å². The van der Waals surface area contributed by atoms with Crippen LogP contribution in [0.1, 0.15) is 29.9 Å². The molecule has 5 nitrogen and oxygen atoms in total. The SMILES string of the molecule is CCCN1CCN(c2cc(N)c(C(=O)NCC)s2)CC1. The van der Waals surface area contributed by atoms with Gasteiger partial charge in [0.15, 0.2) is 0 Å². The lowest BCUT2D eigenvalue weighted by Gasteiger charge is -2.35. The molecule has 0 aliphatic carbocycles. The lowest BCUT2D eigenvalue weighted by atomic mass is 10.3. The first-order valence-electron chi connectivity index (χ1n) is 7.30. The van der Waals surface area contributed by atoms with E-state index in [1.807, 2.05) is 13.0 Å². The van der Waals surface area contributed by atoms with Gasteiger partial charge in [0.25, 0.3) is 5.91 Å². The van der Waals surface area contributed by atoms with E-state index in [9.17, 15) is 4.79 Å². The Labute approximate surface area is 124 Å². The van der Waals surface area contributed by atoms with Crippen molar-refractivity contribution in [2.45, 2.75) is 20.3 Å². The molecule has 1 aliphatic heterocycles. The van der Waals surface area contributed by atoms with Crippen molar-refractivity contribution in [3.63, 3.8) is 0 Å². The van der Waals surface area contributed by atoms with Crippen LogP contribution in [0.5, 0.6) is 0 Å². The Kier molecular flexibility index (Phi) is 5.25. The largest absolute Gasteiger partial charge is 0.397 e. The zero-order valence-electron chi connectivity index (χ0n) is 12.3. The highest BCUT2D eigenvalue weighted by molar-refractivity contribution is 7.18. The van der Waals surface area contributed by atoms with E-state index >= 15 is 0 Å². The average molecular weight is 296 g/mol. The van der Waals surface area contributed by atoms with Gasteiger partial charge >= 0.3 is 0 Å². The van der Waals surface area contributed by atoms with Crippen molar-refractivity contribution in [3.8, 4) is 0 Å². The Morgan fingerprint density at radius 3 is 2.65 bits per heavy atom. The predicted octanol–water partition coefficient (Wildman–Crippen LogP) is 1.61. The molecule has 6 heteroatoms. The summed E-state index contributed by atoms with van der Waals surface area (Å²) >= 11 is 1.50. The minimum Gasteiger partial charge on any atom is -0.397 e. The number of carbonyl (C=O) groups is 1. The molecule has 0 atom stereocenters. The van der Waals surface area contributed by atoms with Crippen molar-refractivity contribution in [2.24, 2.45) is 0 Å². The highest BCUT2D eigenvalue weighted by atomic mass is 32.1. The second-order valence-corrected chi connectivity index (χ2v) is 6.09. The Balaban J connectivity index is 2.00. The van der Waals surface area contributed by atoms with Gasteiger partial charge in [-0.25, -0.2) is 0 Å². The van der Waals surface area contributed by atoms with Crippen molar-refractivity contribution in [1.82, 2.24) is 10.2 Å². The molecule has 0 spiro atoms. The van der Waals surface area contributed by atoms with E-state index in [1.165, 1.54) is 24.3 Å². The van der Waals surface area contributed by atoms with E-state index in [4.69, 9.17) is 5.73 Å². The van der Waals surface area contributed by atoms with Crippen molar-refractivity contribution < 1.29 is 4.79 Å². The van der Waals surface area contributed by atoms with Crippen molar-refractivity contribution in [1.29, 1.82) is 0 Å². The van der Waals surface area contributed by atoms with Gasteiger partial charge in [-0.05, 0) is 26.0 Å². The number of piperazine rings is 1. The first-order valence-corrected chi connectivity index (χ1v) is 8.12. The smallest absolute Gasteiger partial charge is 0.263 e. The number of nitrogens with two attached hydrogens (primary N) is 1. The summed E-state index contributed by atoms with van der Waals surface area (Å²) in [7, 11) is 0. The fourth-order valence-electron chi connectivity index (χ4n) is 2.47. The van der Waals surface area contributed by atoms with Gasteiger partial charge in [-0.2, -0.15) is 0 Å². The second kappa shape index (κ2) is 6.95. The molecule has 0 bridgehead atoms. The predicted molar refractivity (Wildman–Crippen MR) is 85.7 cm³/mol. The normalized spacial score (nSPS) is 16.4. The van der Waals surface area contributed by atoms with Crippen LogP contribution in [0.15, 0.2) is 6.07 Å². The van der Waals surface area contributed by atoms with Crippen LogP contribution < -0.4 is 16.0 Å². The molecule has 2 heterocycles. The molecule has 1 fully saturated rings. The molecule has 1 aromatic heterocycles. The molecule has 0 unspecified atom stereocenters. The third-order valence-electron chi connectivity index (χ3n) is 3.52. The molecule has 20 heavy (non-hydrogen) atoms. The number of rotatable bonds is 5. The Morgan fingerprint density at radius 2 is 2.05 bits per heavy atom. The number of hydrogen-bond acceptors (Lipinski definition) is 5. The minimum atomic E-state index is -0.0640. The highest BCUT2D eigenvalue weighted by Crippen LogP contribution is 2.32. The zero-order valence-corrected chi connectivity index (χ0v) is 13.1. The van der Waals surface area contributed by atoms with Gasteiger partial charge in [-0.3, -0.25) is 9.69 Å². The summed E-state index contributed by atoms with van der Waals surface area (Å²) in [5, 5.41) is 3.92. The summed E-state index contributed by atoms with van der Waals surface area (Å²) in [6.07, 6.45) is 1.20. The van der Waals surface area contributed by atoms with Gasteiger partial charge in [-0.15, -0.1) is 11.3 Å². The molecule has 0 saturated carbocycles. The van der Waals surface area contributed by atoms with Crippen molar-refractivity contribution >= 4 is 27.9 Å². The Bertz CT molecular complexity index is 452. The lowest BCUT2D eigenvalue weighted by molar-refractivity contribution is 0.0960. The number of anilines is 2. The topological polar surface area (TPSA) is 61.6 Å². The Morgan fingerprint density at radius 1 is 1.35 bits per heavy atom. The fraction of sp³-hybridized carbons (Fsp3) is 0.643. The fourth-order valence-corrected chi connectivity index (χ4v) is 3.52. The van der Waals surface area contributed by atoms with Crippen LogP contribution in [-0.4, -0.2) is 50.1 Å². The minimum absolute atomic E-state index is 0.0640. The molecule has 3 N–H and O–H groups in total. The molecule has 112 valence electrons. The van der Waals surface area contributed by atoms with Crippen LogP contribution in [0.2, 0.25) is 0 Å². The van der Waals surface area contributed by atoms with Gasteiger partial charge in [0.2, 0.25) is 0 Å². The van der Waals surface area contributed by atoms with Crippen LogP contribution in [0.3, 0.4) is 0 Å². The Hall–Kier alpha value is -1.27. The number of nitrogen functional groups attached to an aromatic ring is 1. The molecule has 1 aliphatic rings. The standard InChI is InChI=1S/C14H24N4OS/c1-3-5-17-6-8-18(9-7-17)12-10-11(15)13(20-12)14(19)16-4-2/h10H,3-9,15H2,1-2H3,(H,16,19). The maximum Gasteiger partial charge on any atom is 0.263 e. The van der Waals surface area contributed by atoms with E-state index in [1.54, 1.807) is 0 Å². The van der Waals surface area contributed by atoms with Gasteiger partial charge in [0.1, 0.15) is 4.88 Å². The van der Waals surface area contributed by atoms with Crippen molar-refractivity contribution in [2.75, 3.05) is 49.9 Å². The molecule has 0 radical (unpaired) electrons. The molecule has 0 aromatic carbocycles. The average Bonchev–Trinajstić information content (AvgIpc) is 2.82. The van der Waals surface area contributed by atoms with E-state index in [-0.39, 0.29) is 5.91 Å². The molecule has 1 saturated heterocycles. The molecular formula is C14H24N4OS. The summed E-state index contributed by atoms with van der Waals surface area (Å²) in [5.41, 5.74) is 6.56. The van der Waals surface area contributed by atoms with Gasteiger partial charge in [-0.1, -0.05) is 6.92 Å². The van der Waals surface area contributed by atoms with Crippen LogP contribution in [-0.2, 0) is 0 Å². The van der Waals surface area contributed by atoms with Gasteiger partial charge < -0.3 is 16.0 Å². The summed E-state index contributed by atoms with van der Waals surface area (Å²) < 4.78 is 0. The summed E-state index contributed by atoms with van der Waals surface area (Å²) in [6, 6.07) is 1.94. The molecular weight excluding hydrogens is 272 g/mol. The summed E-state index contributed by atoms with van der Waals surface area (Å²) in [4.78, 5) is 17.3. The van der Waals surface area contributed by atoms with Gasteiger partial charge in [0, 0.05) is 32.7 Å². The lowest BCUT2D eigenvalue weighted by Crippen LogP contribution is -2.46. The zero-order chi connectivity index (χ0) is 14.5. The third kappa shape index (κ3) is 3.43. The number of amides is 1. The van der Waals surface area contributed by atoms with E-state index in [2.05, 4.69) is 22.0 Å². The van der Waals surface area contributed by atoms with Crippen LogP contribution in [0.4, 0.5) is 10.7 Å². The van der Waals surface area contributed by atoms with Crippen LogP contribution in [0, 0.1) is 0 Å². The third-order valence-corrected chi connectivity index (χ3v) is 4.73. The second-order valence-electron chi connectivity index (χ2n) is 5.06. The molecule has 1 amide bonds. The van der Waals surface area contributed by atoms with E-state index in [0.717, 1.165) is 31.2 Å². The van der Waals surface area contributed by atoms with E-state index in [0.29, 0.717) is 17.1 Å². The maximum atomic E-state index is 11.9. The number of hydrogen-bond donors (Lipinski definition) is 2. The van der Waals surface area contributed by atoms with Crippen LogP contribution >= 0.6 is 11.3 Å². The number of nitrogens with one attached hydrogen (secondary N) is 1. The molecule has 2 rings (SSSR count). The maximum absolute atomic E-state index is 11.9. The monoisotopic (exact) mass is 296 g/mol. The number of thiophene rings is 1. The van der Waals surface area contributed by atoms with Gasteiger partial charge in [0.05, 0.1) is 10.7 Å². The molecule has 1 aromatic rings. The quantitative estimate of drug-likeness (QED) is 0.866. The first-order chi connectivity index (χ1) is 9.65. The van der Waals surface area contributed by atoms with E-state index < -0.39 is 0 Å². The van der Waals surface area contributed by atoms with Crippen LogP contribution in [0.25, 0.3) is 0 Å². The highest BCUT2D eigenvalue weighted by Gasteiger charge is 2.21. The first kappa shape index (κ1) is 15.1. The number of nitrogens with zero attached hydrogens (tertiary/aromatic N) is 2.